The Labute approximate surface area is 108 Å². The molecule has 0 heterocycles. The second kappa shape index (κ2) is 5.79. The zero-order chi connectivity index (χ0) is 13.1. The molecular weight excluding hydrogens is 232 g/mol. The highest BCUT2D eigenvalue weighted by atomic mass is 19.2. The lowest BCUT2D eigenvalue weighted by molar-refractivity contribution is 0.237. The molecule has 2 atom stereocenters. The number of halogens is 2. The average Bonchev–Trinajstić information content (AvgIpc) is 2.30. The van der Waals surface area contributed by atoms with Crippen molar-refractivity contribution in [2.45, 2.75) is 45.7 Å². The normalized spacial score (nSPS) is 28.3. The van der Waals surface area contributed by atoms with Gasteiger partial charge in [-0.1, -0.05) is 26.0 Å². The average molecular weight is 253 g/mol. The van der Waals surface area contributed by atoms with Crippen molar-refractivity contribution in [3.63, 3.8) is 0 Å². The molecule has 1 fully saturated rings. The highest BCUT2D eigenvalue weighted by molar-refractivity contribution is 5.18. The minimum absolute atomic E-state index is 0.410. The quantitative estimate of drug-likeness (QED) is 0.862. The molecule has 100 valence electrons. The van der Waals surface area contributed by atoms with E-state index in [0.29, 0.717) is 30.0 Å². The second-order valence-electron chi connectivity index (χ2n) is 5.71. The topological polar surface area (TPSA) is 12.0 Å². The molecule has 1 aromatic carbocycles. The van der Waals surface area contributed by atoms with E-state index in [0.717, 1.165) is 18.9 Å². The summed E-state index contributed by atoms with van der Waals surface area (Å²) in [6, 6.07) is 4.78. The highest BCUT2D eigenvalue weighted by Crippen LogP contribution is 2.28. The Morgan fingerprint density at radius 3 is 2.44 bits per heavy atom. The molecule has 1 aromatic rings. The van der Waals surface area contributed by atoms with Crippen LogP contribution in [0.2, 0.25) is 0 Å². The van der Waals surface area contributed by atoms with Crippen molar-refractivity contribution in [1.29, 1.82) is 0 Å². The van der Waals surface area contributed by atoms with Crippen LogP contribution in [0.15, 0.2) is 18.2 Å². The Hall–Kier alpha value is -0.960. The third kappa shape index (κ3) is 3.29. The van der Waals surface area contributed by atoms with Crippen molar-refractivity contribution in [3.8, 4) is 0 Å². The fourth-order valence-electron chi connectivity index (χ4n) is 3.05. The van der Waals surface area contributed by atoms with Gasteiger partial charge in [-0.3, -0.25) is 0 Å². The van der Waals surface area contributed by atoms with Crippen LogP contribution in [-0.2, 0) is 6.54 Å². The van der Waals surface area contributed by atoms with E-state index in [9.17, 15) is 8.78 Å². The second-order valence-corrected chi connectivity index (χ2v) is 5.71. The maximum atomic E-state index is 13.5. The van der Waals surface area contributed by atoms with E-state index in [2.05, 4.69) is 19.2 Å². The summed E-state index contributed by atoms with van der Waals surface area (Å²) in [6.07, 6.45) is 3.52. The molecule has 2 rings (SSSR count). The Bertz CT molecular complexity index is 395. The fourth-order valence-corrected chi connectivity index (χ4v) is 3.05. The van der Waals surface area contributed by atoms with Crippen molar-refractivity contribution < 1.29 is 8.78 Å². The first-order chi connectivity index (χ1) is 8.56. The SMILES string of the molecule is CC1CC(C)CC(NCc2cccc(F)c2F)C1. The van der Waals surface area contributed by atoms with Gasteiger partial charge in [-0.05, 0) is 37.2 Å². The molecule has 0 amide bonds. The first-order valence-corrected chi connectivity index (χ1v) is 6.72. The lowest BCUT2D eigenvalue weighted by atomic mass is 9.80. The van der Waals surface area contributed by atoms with Crippen LogP contribution >= 0.6 is 0 Å². The summed E-state index contributed by atoms with van der Waals surface area (Å²) < 4.78 is 26.6. The van der Waals surface area contributed by atoms with E-state index in [1.807, 2.05) is 0 Å². The molecule has 0 aliphatic heterocycles. The number of nitrogens with one attached hydrogen (secondary N) is 1. The van der Waals surface area contributed by atoms with Crippen LogP contribution in [0.3, 0.4) is 0 Å². The summed E-state index contributed by atoms with van der Waals surface area (Å²) in [5.74, 6) is -0.0613. The molecule has 3 heteroatoms. The van der Waals surface area contributed by atoms with E-state index in [4.69, 9.17) is 0 Å². The molecule has 18 heavy (non-hydrogen) atoms. The van der Waals surface area contributed by atoms with Crippen molar-refractivity contribution in [2.75, 3.05) is 0 Å². The first kappa shape index (κ1) is 13.5. The first-order valence-electron chi connectivity index (χ1n) is 6.72. The molecule has 0 aromatic heterocycles. The van der Waals surface area contributed by atoms with Crippen molar-refractivity contribution in [1.82, 2.24) is 5.32 Å². The summed E-state index contributed by atoms with van der Waals surface area (Å²) in [6.45, 7) is 4.92. The Balaban J connectivity index is 1.93. The van der Waals surface area contributed by atoms with Gasteiger partial charge in [-0.15, -0.1) is 0 Å². The van der Waals surface area contributed by atoms with Crippen LogP contribution in [0, 0.1) is 23.5 Å². The van der Waals surface area contributed by atoms with Gasteiger partial charge in [-0.2, -0.15) is 0 Å². The van der Waals surface area contributed by atoms with Gasteiger partial charge in [0.15, 0.2) is 11.6 Å². The number of rotatable bonds is 3. The van der Waals surface area contributed by atoms with Gasteiger partial charge in [0.2, 0.25) is 0 Å². The minimum atomic E-state index is -0.764. The molecule has 1 aliphatic rings. The largest absolute Gasteiger partial charge is 0.310 e. The van der Waals surface area contributed by atoms with Crippen LogP contribution in [0.25, 0.3) is 0 Å². The third-order valence-electron chi connectivity index (χ3n) is 3.79. The van der Waals surface area contributed by atoms with Crippen LogP contribution in [0.5, 0.6) is 0 Å². The molecule has 1 aliphatic carbocycles. The zero-order valence-corrected chi connectivity index (χ0v) is 11.0. The number of hydrogen-bond acceptors (Lipinski definition) is 1. The van der Waals surface area contributed by atoms with Gasteiger partial charge >= 0.3 is 0 Å². The van der Waals surface area contributed by atoms with E-state index in [-0.39, 0.29) is 0 Å². The molecule has 1 N–H and O–H groups in total. The van der Waals surface area contributed by atoms with Crippen molar-refractivity contribution >= 4 is 0 Å². The van der Waals surface area contributed by atoms with Crippen LogP contribution in [0.1, 0.15) is 38.7 Å². The van der Waals surface area contributed by atoms with Crippen LogP contribution in [0.4, 0.5) is 8.78 Å². The Morgan fingerprint density at radius 2 is 1.78 bits per heavy atom. The molecular formula is C15H21F2N. The Kier molecular flexibility index (Phi) is 4.33. The molecule has 0 radical (unpaired) electrons. The lowest BCUT2D eigenvalue weighted by Gasteiger charge is -2.32. The zero-order valence-electron chi connectivity index (χ0n) is 11.0. The molecule has 1 saturated carbocycles. The fraction of sp³-hybridized carbons (Fsp3) is 0.600. The molecule has 0 spiro atoms. The van der Waals surface area contributed by atoms with Gasteiger partial charge in [0, 0.05) is 18.2 Å². The summed E-state index contributed by atoms with van der Waals surface area (Å²) in [4.78, 5) is 0. The monoisotopic (exact) mass is 253 g/mol. The number of benzene rings is 1. The summed E-state index contributed by atoms with van der Waals surface area (Å²) in [5, 5.41) is 3.36. The molecule has 0 saturated heterocycles. The van der Waals surface area contributed by atoms with Crippen molar-refractivity contribution in [3.05, 3.63) is 35.4 Å². The van der Waals surface area contributed by atoms with Gasteiger partial charge in [0.25, 0.3) is 0 Å². The standard InChI is InChI=1S/C15H21F2N/c1-10-6-11(2)8-13(7-10)18-9-12-4-3-5-14(16)15(12)17/h3-5,10-11,13,18H,6-9H2,1-2H3. The van der Waals surface area contributed by atoms with Gasteiger partial charge < -0.3 is 5.32 Å². The van der Waals surface area contributed by atoms with E-state index in [1.165, 1.54) is 6.42 Å². The summed E-state index contributed by atoms with van der Waals surface area (Å²) >= 11 is 0. The molecule has 2 unspecified atom stereocenters. The van der Waals surface area contributed by atoms with E-state index >= 15 is 0 Å². The smallest absolute Gasteiger partial charge is 0.163 e. The summed E-state index contributed by atoms with van der Waals surface area (Å²) in [5.41, 5.74) is 0.417. The maximum Gasteiger partial charge on any atom is 0.163 e. The predicted molar refractivity (Wildman–Crippen MR) is 69.2 cm³/mol. The predicted octanol–water partition coefficient (Wildman–Crippen LogP) is 3.88. The van der Waals surface area contributed by atoms with E-state index < -0.39 is 11.6 Å². The van der Waals surface area contributed by atoms with Crippen LogP contribution < -0.4 is 5.32 Å². The lowest BCUT2D eigenvalue weighted by Crippen LogP contribution is -2.36. The van der Waals surface area contributed by atoms with Crippen LogP contribution in [-0.4, -0.2) is 6.04 Å². The van der Waals surface area contributed by atoms with Gasteiger partial charge in [0.05, 0.1) is 0 Å². The molecule has 1 nitrogen and oxygen atoms in total. The summed E-state index contributed by atoms with van der Waals surface area (Å²) in [7, 11) is 0. The van der Waals surface area contributed by atoms with E-state index in [1.54, 1.807) is 12.1 Å². The minimum Gasteiger partial charge on any atom is -0.310 e. The highest BCUT2D eigenvalue weighted by Gasteiger charge is 2.23. The Morgan fingerprint density at radius 1 is 1.11 bits per heavy atom. The van der Waals surface area contributed by atoms with Gasteiger partial charge in [-0.25, -0.2) is 8.78 Å². The van der Waals surface area contributed by atoms with Gasteiger partial charge in [0.1, 0.15) is 0 Å². The van der Waals surface area contributed by atoms with Crippen molar-refractivity contribution in [2.24, 2.45) is 11.8 Å². The molecule has 0 bridgehead atoms. The number of hydrogen-bond donors (Lipinski definition) is 1. The third-order valence-corrected chi connectivity index (χ3v) is 3.79. The maximum absolute atomic E-state index is 13.5.